The second kappa shape index (κ2) is 3.53. The molecule has 1 aromatic heterocycles. The maximum Gasteiger partial charge on any atom is 0.154 e. The van der Waals surface area contributed by atoms with Crippen molar-refractivity contribution in [1.29, 1.82) is 0 Å². The van der Waals surface area contributed by atoms with Crippen molar-refractivity contribution in [2.75, 3.05) is 0 Å². The molecule has 1 heterocycles. The number of aryl methyl sites for hydroxylation is 2. The zero-order chi connectivity index (χ0) is 10.0. The Hall–Kier alpha value is -1.42. The summed E-state index contributed by atoms with van der Waals surface area (Å²) in [6.45, 7) is 3.00. The van der Waals surface area contributed by atoms with Crippen molar-refractivity contribution in [2.24, 2.45) is 0 Å². The number of nitrogens with zero attached hydrogens (tertiary/aromatic N) is 1. The molecule has 0 unspecified atom stereocenters. The molecule has 0 atom stereocenters. The summed E-state index contributed by atoms with van der Waals surface area (Å²) in [5.74, 6) is -0.148. The van der Waals surface area contributed by atoms with Crippen LogP contribution in [0.2, 0.25) is 0 Å². The maximum atomic E-state index is 10.6. The van der Waals surface area contributed by atoms with E-state index in [0.29, 0.717) is 23.2 Å². The number of pyridine rings is 1. The summed E-state index contributed by atoms with van der Waals surface area (Å²) in [6, 6.07) is 0. The van der Waals surface area contributed by atoms with Crippen LogP contribution in [0.5, 0.6) is 5.75 Å². The predicted molar refractivity (Wildman–Crippen MR) is 46.7 cm³/mol. The minimum atomic E-state index is -0.291. The fraction of sp³-hybridized carbons (Fsp3) is 0.333. The Morgan fingerprint density at radius 1 is 1.38 bits per heavy atom. The van der Waals surface area contributed by atoms with E-state index >= 15 is 0 Å². The molecule has 4 nitrogen and oxygen atoms in total. The van der Waals surface area contributed by atoms with Crippen molar-refractivity contribution in [2.45, 2.75) is 20.5 Å². The van der Waals surface area contributed by atoms with E-state index in [1.165, 1.54) is 0 Å². The molecule has 0 saturated heterocycles. The van der Waals surface area contributed by atoms with Gasteiger partial charge in [-0.25, -0.2) is 0 Å². The molecule has 0 aliphatic carbocycles. The standard InChI is InChI=1S/C9H11NO3/c1-5-7(3-11)8(4-12)9(13)6(2)10-5/h4,11,13H,3H2,1-2H3. The highest BCUT2D eigenvalue weighted by molar-refractivity contribution is 5.82. The van der Waals surface area contributed by atoms with Gasteiger partial charge in [0.1, 0.15) is 5.75 Å². The number of hydrogen-bond donors (Lipinski definition) is 2. The van der Waals surface area contributed by atoms with Gasteiger partial charge in [-0.05, 0) is 13.8 Å². The van der Waals surface area contributed by atoms with Gasteiger partial charge >= 0.3 is 0 Å². The van der Waals surface area contributed by atoms with E-state index in [4.69, 9.17) is 5.11 Å². The van der Waals surface area contributed by atoms with E-state index < -0.39 is 0 Å². The van der Waals surface area contributed by atoms with Gasteiger partial charge in [-0.2, -0.15) is 0 Å². The second-order valence-electron chi connectivity index (χ2n) is 2.80. The van der Waals surface area contributed by atoms with Gasteiger partial charge < -0.3 is 10.2 Å². The Labute approximate surface area is 75.9 Å². The van der Waals surface area contributed by atoms with Gasteiger partial charge in [-0.3, -0.25) is 9.78 Å². The zero-order valence-electron chi connectivity index (χ0n) is 7.53. The number of carbonyl (C=O) groups excluding carboxylic acids is 1. The normalized spacial score (nSPS) is 10.1. The molecule has 0 aliphatic rings. The van der Waals surface area contributed by atoms with Gasteiger partial charge in [0, 0.05) is 11.3 Å². The quantitative estimate of drug-likeness (QED) is 0.659. The van der Waals surface area contributed by atoms with Crippen LogP contribution in [0.25, 0.3) is 0 Å². The van der Waals surface area contributed by atoms with E-state index in [9.17, 15) is 9.90 Å². The number of rotatable bonds is 2. The van der Waals surface area contributed by atoms with Gasteiger partial charge in [0.15, 0.2) is 6.29 Å². The molecule has 0 radical (unpaired) electrons. The fourth-order valence-corrected chi connectivity index (χ4v) is 1.23. The Morgan fingerprint density at radius 2 is 2.00 bits per heavy atom. The number of hydrogen-bond acceptors (Lipinski definition) is 4. The van der Waals surface area contributed by atoms with Crippen LogP contribution in [0.3, 0.4) is 0 Å². The van der Waals surface area contributed by atoms with Crippen LogP contribution in [-0.2, 0) is 6.61 Å². The van der Waals surface area contributed by atoms with Gasteiger partial charge in [0.2, 0.25) is 0 Å². The van der Waals surface area contributed by atoms with E-state index in [0.717, 1.165) is 0 Å². The van der Waals surface area contributed by atoms with E-state index in [1.807, 2.05) is 0 Å². The molecule has 0 saturated carbocycles. The third-order valence-corrected chi connectivity index (χ3v) is 1.97. The predicted octanol–water partition coefficient (Wildman–Crippen LogP) is 0.709. The molecule has 2 N–H and O–H groups in total. The third-order valence-electron chi connectivity index (χ3n) is 1.97. The van der Waals surface area contributed by atoms with Gasteiger partial charge in [-0.15, -0.1) is 0 Å². The van der Waals surface area contributed by atoms with E-state index in [1.54, 1.807) is 13.8 Å². The molecule has 0 amide bonds. The summed E-state index contributed by atoms with van der Waals surface area (Å²) in [5, 5.41) is 18.4. The van der Waals surface area contributed by atoms with Crippen LogP contribution in [-0.4, -0.2) is 21.5 Å². The third kappa shape index (κ3) is 1.53. The molecule has 0 aromatic carbocycles. The Kier molecular flexibility index (Phi) is 2.63. The molecule has 0 aliphatic heterocycles. The minimum absolute atomic E-state index is 0.132. The van der Waals surface area contributed by atoms with E-state index in [-0.39, 0.29) is 17.9 Å². The summed E-state index contributed by atoms with van der Waals surface area (Å²) < 4.78 is 0. The number of aldehydes is 1. The number of aliphatic hydroxyl groups excluding tert-OH is 1. The maximum absolute atomic E-state index is 10.6. The molecule has 1 aromatic rings. The lowest BCUT2D eigenvalue weighted by molar-refractivity contribution is 0.111. The number of carbonyl (C=O) groups is 1. The Balaban J connectivity index is 3.50. The summed E-state index contributed by atoms with van der Waals surface area (Å²) in [6.07, 6.45) is 0.530. The molecule has 4 heteroatoms. The molecule has 70 valence electrons. The fourth-order valence-electron chi connectivity index (χ4n) is 1.23. The highest BCUT2D eigenvalue weighted by Gasteiger charge is 2.13. The first-order chi connectivity index (χ1) is 6.11. The van der Waals surface area contributed by atoms with Crippen LogP contribution in [0.15, 0.2) is 0 Å². The average molecular weight is 181 g/mol. The van der Waals surface area contributed by atoms with Crippen molar-refractivity contribution in [3.05, 3.63) is 22.5 Å². The largest absolute Gasteiger partial charge is 0.505 e. The van der Waals surface area contributed by atoms with Crippen molar-refractivity contribution in [1.82, 2.24) is 4.98 Å². The van der Waals surface area contributed by atoms with E-state index in [2.05, 4.69) is 4.98 Å². The van der Waals surface area contributed by atoms with Crippen LogP contribution < -0.4 is 0 Å². The van der Waals surface area contributed by atoms with Crippen LogP contribution in [0, 0.1) is 13.8 Å². The zero-order valence-corrected chi connectivity index (χ0v) is 7.53. The first kappa shape index (κ1) is 9.67. The first-order valence-electron chi connectivity index (χ1n) is 3.86. The lowest BCUT2D eigenvalue weighted by Gasteiger charge is -2.08. The molecule has 0 spiro atoms. The highest BCUT2D eigenvalue weighted by Crippen LogP contribution is 2.24. The minimum Gasteiger partial charge on any atom is -0.505 e. The Bertz CT molecular complexity index is 347. The number of aliphatic hydroxyl groups is 1. The van der Waals surface area contributed by atoms with Crippen LogP contribution in [0.4, 0.5) is 0 Å². The smallest absolute Gasteiger partial charge is 0.154 e. The molecule has 0 fully saturated rings. The van der Waals surface area contributed by atoms with Crippen LogP contribution in [0.1, 0.15) is 27.3 Å². The second-order valence-corrected chi connectivity index (χ2v) is 2.80. The molecule has 13 heavy (non-hydrogen) atoms. The molecule has 0 bridgehead atoms. The average Bonchev–Trinajstić information content (AvgIpc) is 2.10. The lowest BCUT2D eigenvalue weighted by Crippen LogP contribution is -2.01. The molecular weight excluding hydrogens is 170 g/mol. The lowest BCUT2D eigenvalue weighted by atomic mass is 10.1. The van der Waals surface area contributed by atoms with Crippen molar-refractivity contribution in [3.63, 3.8) is 0 Å². The molecule has 1 rings (SSSR count). The van der Waals surface area contributed by atoms with Gasteiger partial charge in [0.25, 0.3) is 0 Å². The highest BCUT2D eigenvalue weighted by atomic mass is 16.3. The topological polar surface area (TPSA) is 70.4 Å². The Morgan fingerprint density at radius 3 is 2.46 bits per heavy atom. The summed E-state index contributed by atoms with van der Waals surface area (Å²) in [5.41, 5.74) is 1.49. The molecular formula is C9H11NO3. The summed E-state index contributed by atoms with van der Waals surface area (Å²) in [7, 11) is 0. The van der Waals surface area contributed by atoms with Gasteiger partial charge in [-0.1, -0.05) is 0 Å². The summed E-state index contributed by atoms with van der Waals surface area (Å²) >= 11 is 0. The SMILES string of the molecule is Cc1nc(C)c(CO)c(C=O)c1O. The first-order valence-corrected chi connectivity index (χ1v) is 3.86. The monoisotopic (exact) mass is 181 g/mol. The number of aromatic nitrogens is 1. The van der Waals surface area contributed by atoms with Crippen molar-refractivity contribution >= 4 is 6.29 Å². The van der Waals surface area contributed by atoms with Crippen molar-refractivity contribution in [3.8, 4) is 5.75 Å². The number of aromatic hydroxyl groups is 1. The van der Waals surface area contributed by atoms with Gasteiger partial charge in [0.05, 0.1) is 17.9 Å². The van der Waals surface area contributed by atoms with Crippen LogP contribution >= 0.6 is 0 Å². The summed E-state index contributed by atoms with van der Waals surface area (Å²) in [4.78, 5) is 14.6. The van der Waals surface area contributed by atoms with Crippen molar-refractivity contribution < 1.29 is 15.0 Å².